The Hall–Kier alpha value is -0.270. The van der Waals surface area contributed by atoms with Crippen LogP contribution in [0.4, 0.5) is 0 Å². The highest BCUT2D eigenvalue weighted by molar-refractivity contribution is 9.11. The summed E-state index contributed by atoms with van der Waals surface area (Å²) in [5, 5.41) is 3.08. The average molecular weight is 304 g/mol. The molecule has 3 nitrogen and oxygen atoms in total. The first-order chi connectivity index (χ1) is 7.29. The molecule has 3 N–H and O–H groups in total. The maximum atomic E-state index is 5.55. The van der Waals surface area contributed by atoms with E-state index < -0.39 is 0 Å². The predicted octanol–water partition coefficient (Wildman–Crippen LogP) is 2.71. The Morgan fingerprint density at radius 1 is 1.53 bits per heavy atom. The van der Waals surface area contributed by atoms with Gasteiger partial charge in [0.15, 0.2) is 0 Å². The molecule has 15 heavy (non-hydrogen) atoms. The van der Waals surface area contributed by atoms with E-state index in [0.29, 0.717) is 0 Å². The Labute approximate surface area is 104 Å². The monoisotopic (exact) mass is 303 g/mol. The number of aromatic nitrogens is 1. The predicted molar refractivity (Wildman–Crippen MR) is 67.9 cm³/mol. The zero-order chi connectivity index (χ0) is 10.7. The van der Waals surface area contributed by atoms with Gasteiger partial charge in [0.05, 0.1) is 14.8 Å². The molecule has 0 saturated heterocycles. The largest absolute Gasteiger partial charge is 0.271 e. The highest BCUT2D eigenvalue weighted by Gasteiger charge is 2.13. The Balaban J connectivity index is 2.11. The third-order valence-electron chi connectivity index (χ3n) is 2.00. The van der Waals surface area contributed by atoms with Crippen molar-refractivity contribution >= 4 is 38.6 Å². The summed E-state index contributed by atoms with van der Waals surface area (Å²) >= 11 is 6.79. The molecular formula is C9H10BrN3S2. The molecule has 2 aromatic heterocycles. The van der Waals surface area contributed by atoms with Crippen molar-refractivity contribution in [3.05, 3.63) is 37.4 Å². The van der Waals surface area contributed by atoms with Crippen molar-refractivity contribution in [2.75, 3.05) is 0 Å². The van der Waals surface area contributed by atoms with Crippen LogP contribution in [0.3, 0.4) is 0 Å². The van der Waals surface area contributed by atoms with Crippen LogP contribution in [-0.4, -0.2) is 4.98 Å². The van der Waals surface area contributed by atoms with E-state index >= 15 is 0 Å². The van der Waals surface area contributed by atoms with Gasteiger partial charge >= 0.3 is 0 Å². The molecule has 0 saturated carbocycles. The minimum absolute atomic E-state index is 0.146. The molecule has 0 amide bonds. The van der Waals surface area contributed by atoms with E-state index in [1.165, 1.54) is 4.88 Å². The minimum Gasteiger partial charge on any atom is -0.271 e. The molecule has 80 valence electrons. The van der Waals surface area contributed by atoms with Crippen molar-refractivity contribution < 1.29 is 0 Å². The van der Waals surface area contributed by atoms with Crippen LogP contribution < -0.4 is 11.3 Å². The van der Waals surface area contributed by atoms with Crippen molar-refractivity contribution in [1.82, 2.24) is 10.4 Å². The van der Waals surface area contributed by atoms with Gasteiger partial charge in [0.1, 0.15) is 0 Å². The third kappa shape index (κ3) is 2.85. The fourth-order valence-corrected chi connectivity index (χ4v) is 3.43. The molecule has 0 spiro atoms. The summed E-state index contributed by atoms with van der Waals surface area (Å²) < 4.78 is 1.12. The standard InChI is InChI=1S/C9H10BrN3S2/c10-8-2-1-7(15-8)6(13-11)5-9-12-3-4-14-9/h1-4,6,13H,5,11H2. The first-order valence-electron chi connectivity index (χ1n) is 4.39. The second-order valence-electron chi connectivity index (χ2n) is 2.99. The highest BCUT2D eigenvalue weighted by Crippen LogP contribution is 2.29. The number of nitrogens with two attached hydrogens (primary N) is 1. The van der Waals surface area contributed by atoms with E-state index in [0.717, 1.165) is 15.2 Å². The van der Waals surface area contributed by atoms with Gasteiger partial charge in [-0.1, -0.05) is 0 Å². The summed E-state index contributed by atoms with van der Waals surface area (Å²) in [5.41, 5.74) is 2.83. The van der Waals surface area contributed by atoms with Gasteiger partial charge in [0.2, 0.25) is 0 Å². The maximum Gasteiger partial charge on any atom is 0.0944 e. The van der Waals surface area contributed by atoms with Crippen molar-refractivity contribution in [3.63, 3.8) is 0 Å². The van der Waals surface area contributed by atoms with Gasteiger partial charge in [-0.25, -0.2) is 4.98 Å². The molecule has 0 aromatic carbocycles. The third-order valence-corrected chi connectivity index (χ3v) is 4.54. The molecule has 1 atom stereocenters. The van der Waals surface area contributed by atoms with Crippen LogP contribution in [0, 0.1) is 0 Å². The molecule has 0 bridgehead atoms. The van der Waals surface area contributed by atoms with Crippen molar-refractivity contribution in [2.24, 2.45) is 5.84 Å². The first-order valence-corrected chi connectivity index (χ1v) is 6.88. The van der Waals surface area contributed by atoms with Crippen molar-refractivity contribution in [3.8, 4) is 0 Å². The number of hydrogen-bond donors (Lipinski definition) is 2. The fourth-order valence-electron chi connectivity index (χ4n) is 1.29. The average Bonchev–Trinajstić information content (AvgIpc) is 2.85. The molecule has 0 radical (unpaired) electrons. The molecule has 2 aromatic rings. The molecule has 1 unspecified atom stereocenters. The second kappa shape index (κ2) is 5.18. The lowest BCUT2D eigenvalue weighted by molar-refractivity contribution is 0.559. The number of thiophene rings is 1. The Kier molecular flexibility index (Phi) is 3.87. The number of rotatable bonds is 4. The van der Waals surface area contributed by atoms with Gasteiger partial charge in [0, 0.05) is 22.9 Å². The number of nitrogens with zero attached hydrogens (tertiary/aromatic N) is 1. The van der Waals surface area contributed by atoms with E-state index in [2.05, 4.69) is 32.4 Å². The Morgan fingerprint density at radius 2 is 2.40 bits per heavy atom. The van der Waals surface area contributed by atoms with Crippen molar-refractivity contribution in [1.29, 1.82) is 0 Å². The maximum absolute atomic E-state index is 5.55. The zero-order valence-corrected chi connectivity index (χ0v) is 11.0. The van der Waals surface area contributed by atoms with E-state index in [1.54, 1.807) is 22.7 Å². The smallest absolute Gasteiger partial charge is 0.0944 e. The van der Waals surface area contributed by atoms with Gasteiger partial charge in [-0.15, -0.1) is 22.7 Å². The molecule has 0 fully saturated rings. The molecular weight excluding hydrogens is 294 g/mol. The summed E-state index contributed by atoms with van der Waals surface area (Å²) in [4.78, 5) is 5.47. The van der Waals surface area contributed by atoms with Gasteiger partial charge < -0.3 is 0 Å². The van der Waals surface area contributed by atoms with Crippen molar-refractivity contribution in [2.45, 2.75) is 12.5 Å². The summed E-state index contributed by atoms with van der Waals surface area (Å²) in [5.74, 6) is 5.55. The Bertz CT molecular complexity index is 413. The zero-order valence-electron chi connectivity index (χ0n) is 7.81. The van der Waals surface area contributed by atoms with Gasteiger partial charge in [-0.2, -0.15) is 0 Å². The van der Waals surface area contributed by atoms with Gasteiger partial charge in [-0.05, 0) is 28.1 Å². The number of halogens is 1. The topological polar surface area (TPSA) is 50.9 Å². The molecule has 2 heterocycles. The number of hydrogen-bond acceptors (Lipinski definition) is 5. The number of nitrogens with one attached hydrogen (secondary N) is 1. The van der Waals surface area contributed by atoms with E-state index in [9.17, 15) is 0 Å². The molecule has 0 aliphatic heterocycles. The first kappa shape index (κ1) is 11.2. The highest BCUT2D eigenvalue weighted by atomic mass is 79.9. The fraction of sp³-hybridized carbons (Fsp3) is 0.222. The van der Waals surface area contributed by atoms with Gasteiger partial charge in [-0.3, -0.25) is 11.3 Å². The van der Waals surface area contributed by atoms with Crippen LogP contribution in [0.1, 0.15) is 15.9 Å². The molecule has 2 rings (SSSR count). The van der Waals surface area contributed by atoms with E-state index in [-0.39, 0.29) is 6.04 Å². The second-order valence-corrected chi connectivity index (χ2v) is 6.46. The van der Waals surface area contributed by atoms with E-state index in [4.69, 9.17) is 5.84 Å². The summed E-state index contributed by atoms with van der Waals surface area (Å²) in [7, 11) is 0. The summed E-state index contributed by atoms with van der Waals surface area (Å²) in [6, 6.07) is 4.26. The van der Waals surface area contributed by atoms with E-state index in [1.807, 2.05) is 17.6 Å². The number of thiazole rings is 1. The van der Waals surface area contributed by atoms with Crippen LogP contribution in [0.5, 0.6) is 0 Å². The van der Waals surface area contributed by atoms with Crippen LogP contribution in [-0.2, 0) is 6.42 Å². The number of hydrazine groups is 1. The summed E-state index contributed by atoms with van der Waals surface area (Å²) in [6.45, 7) is 0. The molecule has 0 aliphatic rings. The normalized spacial score (nSPS) is 12.9. The molecule has 6 heteroatoms. The van der Waals surface area contributed by atoms with Crippen LogP contribution in [0.15, 0.2) is 27.5 Å². The quantitative estimate of drug-likeness (QED) is 0.674. The Morgan fingerprint density at radius 3 is 2.93 bits per heavy atom. The van der Waals surface area contributed by atoms with Gasteiger partial charge in [0.25, 0.3) is 0 Å². The van der Waals surface area contributed by atoms with Crippen LogP contribution in [0.25, 0.3) is 0 Å². The lowest BCUT2D eigenvalue weighted by atomic mass is 10.2. The van der Waals surface area contributed by atoms with Crippen LogP contribution >= 0.6 is 38.6 Å². The minimum atomic E-state index is 0.146. The summed E-state index contributed by atoms with van der Waals surface area (Å²) in [6.07, 6.45) is 2.65. The lowest BCUT2D eigenvalue weighted by Gasteiger charge is -2.11. The SMILES string of the molecule is NNC(Cc1nccs1)c1ccc(Br)s1. The lowest BCUT2D eigenvalue weighted by Crippen LogP contribution is -2.28. The molecule has 0 aliphatic carbocycles. The van der Waals surface area contributed by atoms with Crippen LogP contribution in [0.2, 0.25) is 0 Å².